The summed E-state index contributed by atoms with van der Waals surface area (Å²) in [7, 11) is 0. The van der Waals surface area contributed by atoms with E-state index in [2.05, 4.69) is 9.88 Å². The maximum absolute atomic E-state index is 9.59. The number of aryl methyl sites for hydroxylation is 1. The second kappa shape index (κ2) is 5.02. The molecule has 1 aliphatic rings. The van der Waals surface area contributed by atoms with Gasteiger partial charge in [0.05, 0.1) is 12.7 Å². The van der Waals surface area contributed by atoms with Crippen molar-refractivity contribution in [3.05, 3.63) is 23.4 Å². The van der Waals surface area contributed by atoms with E-state index in [1.54, 1.807) is 6.20 Å². The van der Waals surface area contributed by atoms with Crippen LogP contribution < -0.4 is 4.90 Å². The third kappa shape index (κ3) is 2.58. The molecule has 2 unspecified atom stereocenters. The lowest BCUT2D eigenvalue weighted by Crippen LogP contribution is -2.25. The van der Waals surface area contributed by atoms with Crippen LogP contribution in [0.5, 0.6) is 0 Å². The molecule has 2 heterocycles. The van der Waals surface area contributed by atoms with Gasteiger partial charge in [0.2, 0.25) is 0 Å². The van der Waals surface area contributed by atoms with Gasteiger partial charge in [-0.2, -0.15) is 0 Å². The standard InChI is InChI=1S/C13H20N2O2/c1-9-5-11(8-16)6-14-13(9)15-4-3-12(7-15)10(2)17/h5-6,10,12,16-17H,3-4,7-8H2,1-2H3. The van der Waals surface area contributed by atoms with Gasteiger partial charge in [-0.05, 0) is 37.5 Å². The summed E-state index contributed by atoms with van der Waals surface area (Å²) in [4.78, 5) is 6.63. The number of nitrogens with zero attached hydrogens (tertiary/aromatic N) is 2. The normalized spacial score (nSPS) is 21.9. The predicted molar refractivity (Wildman–Crippen MR) is 66.9 cm³/mol. The van der Waals surface area contributed by atoms with E-state index in [1.807, 2.05) is 19.9 Å². The van der Waals surface area contributed by atoms with Gasteiger partial charge < -0.3 is 15.1 Å². The average Bonchev–Trinajstić information content (AvgIpc) is 2.78. The van der Waals surface area contributed by atoms with E-state index in [-0.39, 0.29) is 12.7 Å². The van der Waals surface area contributed by atoms with Crippen LogP contribution >= 0.6 is 0 Å². The van der Waals surface area contributed by atoms with Gasteiger partial charge in [0.1, 0.15) is 5.82 Å². The summed E-state index contributed by atoms with van der Waals surface area (Å²) in [5.41, 5.74) is 1.93. The highest BCUT2D eigenvalue weighted by Gasteiger charge is 2.27. The zero-order valence-corrected chi connectivity index (χ0v) is 10.4. The van der Waals surface area contributed by atoms with Crippen molar-refractivity contribution in [1.82, 2.24) is 4.98 Å². The van der Waals surface area contributed by atoms with Gasteiger partial charge in [0, 0.05) is 25.2 Å². The minimum Gasteiger partial charge on any atom is -0.393 e. The van der Waals surface area contributed by atoms with E-state index >= 15 is 0 Å². The SMILES string of the molecule is Cc1cc(CO)cnc1N1CCC(C(C)O)C1. The number of rotatable bonds is 3. The number of pyridine rings is 1. The molecule has 2 atom stereocenters. The first-order valence-electron chi connectivity index (χ1n) is 6.11. The third-order valence-corrected chi connectivity index (χ3v) is 3.50. The van der Waals surface area contributed by atoms with Crippen molar-refractivity contribution in [2.75, 3.05) is 18.0 Å². The van der Waals surface area contributed by atoms with Crippen molar-refractivity contribution in [3.8, 4) is 0 Å². The molecule has 1 aromatic rings. The first-order chi connectivity index (χ1) is 8.11. The van der Waals surface area contributed by atoms with Crippen LogP contribution in [-0.4, -0.2) is 34.4 Å². The summed E-state index contributed by atoms with van der Waals surface area (Å²) < 4.78 is 0. The molecule has 4 nitrogen and oxygen atoms in total. The molecule has 0 radical (unpaired) electrons. The number of hydrogen-bond donors (Lipinski definition) is 2. The Morgan fingerprint density at radius 2 is 2.35 bits per heavy atom. The molecule has 1 aliphatic heterocycles. The lowest BCUT2D eigenvalue weighted by atomic mass is 10.0. The van der Waals surface area contributed by atoms with E-state index < -0.39 is 0 Å². The van der Waals surface area contributed by atoms with Crippen molar-refractivity contribution >= 4 is 5.82 Å². The first kappa shape index (κ1) is 12.3. The Hall–Kier alpha value is -1.13. The van der Waals surface area contributed by atoms with Gasteiger partial charge >= 0.3 is 0 Å². The van der Waals surface area contributed by atoms with Crippen LogP contribution in [0.1, 0.15) is 24.5 Å². The van der Waals surface area contributed by atoms with Gasteiger partial charge in [-0.3, -0.25) is 0 Å². The van der Waals surface area contributed by atoms with E-state index in [0.717, 1.165) is 36.5 Å². The minimum atomic E-state index is -0.253. The fraction of sp³-hybridized carbons (Fsp3) is 0.615. The summed E-state index contributed by atoms with van der Waals surface area (Å²) in [5.74, 6) is 1.32. The Balaban J connectivity index is 2.13. The van der Waals surface area contributed by atoms with Crippen LogP contribution in [0.2, 0.25) is 0 Å². The first-order valence-corrected chi connectivity index (χ1v) is 6.11. The molecule has 0 amide bonds. The van der Waals surface area contributed by atoms with Crippen molar-refractivity contribution in [2.24, 2.45) is 5.92 Å². The Bertz CT molecular complexity index is 393. The van der Waals surface area contributed by atoms with E-state index in [1.165, 1.54) is 0 Å². The molecule has 0 aliphatic carbocycles. The monoisotopic (exact) mass is 236 g/mol. The maximum atomic E-state index is 9.59. The van der Waals surface area contributed by atoms with Crippen molar-refractivity contribution in [3.63, 3.8) is 0 Å². The fourth-order valence-corrected chi connectivity index (χ4v) is 2.42. The quantitative estimate of drug-likeness (QED) is 0.825. The second-order valence-electron chi connectivity index (χ2n) is 4.88. The molecule has 17 heavy (non-hydrogen) atoms. The zero-order valence-electron chi connectivity index (χ0n) is 10.4. The molecule has 2 rings (SSSR count). The minimum absolute atomic E-state index is 0.0322. The summed E-state index contributed by atoms with van der Waals surface area (Å²) in [6.07, 6.45) is 2.48. The number of hydrogen-bond acceptors (Lipinski definition) is 4. The summed E-state index contributed by atoms with van der Waals surface area (Å²) in [6.45, 7) is 5.71. The van der Waals surface area contributed by atoms with Gasteiger partial charge in [-0.1, -0.05) is 0 Å². The topological polar surface area (TPSA) is 56.6 Å². The van der Waals surface area contributed by atoms with Crippen molar-refractivity contribution in [2.45, 2.75) is 33.0 Å². The van der Waals surface area contributed by atoms with Crippen molar-refractivity contribution < 1.29 is 10.2 Å². The number of anilines is 1. The van der Waals surface area contributed by atoms with E-state index in [9.17, 15) is 5.11 Å². The fourth-order valence-electron chi connectivity index (χ4n) is 2.42. The Labute approximate surface area is 102 Å². The molecule has 0 spiro atoms. The lowest BCUT2D eigenvalue weighted by molar-refractivity contribution is 0.136. The van der Waals surface area contributed by atoms with Gasteiger partial charge in [-0.15, -0.1) is 0 Å². The maximum Gasteiger partial charge on any atom is 0.131 e. The molecule has 1 fully saturated rings. The Kier molecular flexibility index (Phi) is 3.64. The molecule has 1 saturated heterocycles. The highest BCUT2D eigenvalue weighted by molar-refractivity contribution is 5.48. The van der Waals surface area contributed by atoms with E-state index in [0.29, 0.717) is 5.92 Å². The Morgan fingerprint density at radius 1 is 1.59 bits per heavy atom. The van der Waals surface area contributed by atoms with E-state index in [4.69, 9.17) is 5.11 Å². The van der Waals surface area contributed by atoms with Crippen LogP contribution in [0.4, 0.5) is 5.82 Å². The molecule has 94 valence electrons. The summed E-state index contributed by atoms with van der Waals surface area (Å²) >= 11 is 0. The summed E-state index contributed by atoms with van der Waals surface area (Å²) in [6, 6.07) is 1.97. The largest absolute Gasteiger partial charge is 0.393 e. The molecular weight excluding hydrogens is 216 g/mol. The van der Waals surface area contributed by atoms with Crippen LogP contribution in [0, 0.1) is 12.8 Å². The molecular formula is C13H20N2O2. The van der Waals surface area contributed by atoms with Gasteiger partial charge in [-0.25, -0.2) is 4.98 Å². The number of aliphatic hydroxyl groups excluding tert-OH is 2. The van der Waals surface area contributed by atoms with Crippen molar-refractivity contribution in [1.29, 1.82) is 0 Å². The predicted octanol–water partition coefficient (Wildman–Crippen LogP) is 1.09. The summed E-state index contributed by atoms with van der Waals surface area (Å²) in [5, 5.41) is 18.6. The molecule has 0 saturated carbocycles. The third-order valence-electron chi connectivity index (χ3n) is 3.50. The van der Waals surface area contributed by atoms with Crippen LogP contribution in [0.15, 0.2) is 12.3 Å². The number of aromatic nitrogens is 1. The molecule has 0 aromatic carbocycles. The molecule has 0 bridgehead atoms. The van der Waals surface area contributed by atoms with Gasteiger partial charge in [0.15, 0.2) is 0 Å². The Morgan fingerprint density at radius 3 is 2.88 bits per heavy atom. The smallest absolute Gasteiger partial charge is 0.131 e. The highest BCUT2D eigenvalue weighted by Crippen LogP contribution is 2.26. The van der Waals surface area contributed by atoms with Crippen LogP contribution in [-0.2, 0) is 6.61 Å². The number of aliphatic hydroxyl groups is 2. The van der Waals surface area contributed by atoms with Crippen LogP contribution in [0.25, 0.3) is 0 Å². The molecule has 4 heteroatoms. The lowest BCUT2D eigenvalue weighted by Gasteiger charge is -2.20. The second-order valence-corrected chi connectivity index (χ2v) is 4.88. The average molecular weight is 236 g/mol. The van der Waals surface area contributed by atoms with Crippen LogP contribution in [0.3, 0.4) is 0 Å². The molecule has 2 N–H and O–H groups in total. The highest BCUT2D eigenvalue weighted by atomic mass is 16.3. The van der Waals surface area contributed by atoms with Gasteiger partial charge in [0.25, 0.3) is 0 Å². The zero-order chi connectivity index (χ0) is 12.4. The molecule has 1 aromatic heterocycles.